The first-order valence-corrected chi connectivity index (χ1v) is 5.63. The summed E-state index contributed by atoms with van der Waals surface area (Å²) >= 11 is 0. The molecular formula is C11H19NO2. The van der Waals surface area contributed by atoms with Crippen LogP contribution in [-0.4, -0.2) is 23.5 Å². The molecule has 0 bridgehead atoms. The number of nitrogens with zero attached hydrogens (tertiary/aromatic N) is 1. The monoisotopic (exact) mass is 197 g/mol. The average molecular weight is 197 g/mol. The Morgan fingerprint density at radius 1 is 1.36 bits per heavy atom. The summed E-state index contributed by atoms with van der Waals surface area (Å²) in [6.45, 7) is 2.41. The Balaban J connectivity index is 1.85. The zero-order valence-corrected chi connectivity index (χ0v) is 8.78. The van der Waals surface area contributed by atoms with E-state index >= 15 is 0 Å². The number of hydrogen-bond donors (Lipinski definition) is 1. The first kappa shape index (κ1) is 9.97. The van der Waals surface area contributed by atoms with E-state index in [1.54, 1.807) is 0 Å². The van der Waals surface area contributed by atoms with Gasteiger partial charge in [0.2, 0.25) is 0 Å². The van der Waals surface area contributed by atoms with Crippen molar-refractivity contribution in [2.24, 2.45) is 17.0 Å². The summed E-state index contributed by atoms with van der Waals surface area (Å²) in [5.74, 6) is 1.51. The molecule has 0 aromatic heterocycles. The van der Waals surface area contributed by atoms with Crippen LogP contribution in [0.5, 0.6) is 0 Å². The van der Waals surface area contributed by atoms with Crippen LogP contribution in [0, 0.1) is 11.8 Å². The Hall–Kier alpha value is -0.570. The number of rotatable bonds is 2. The van der Waals surface area contributed by atoms with E-state index in [0.29, 0.717) is 5.92 Å². The van der Waals surface area contributed by atoms with Gasteiger partial charge in [0, 0.05) is 12.3 Å². The highest BCUT2D eigenvalue weighted by Crippen LogP contribution is 2.32. The molecular weight excluding hydrogens is 178 g/mol. The molecule has 2 aliphatic rings. The number of hydrogen-bond acceptors (Lipinski definition) is 3. The summed E-state index contributed by atoms with van der Waals surface area (Å²) < 4.78 is 0. The average Bonchev–Trinajstić information content (AvgIpc) is 2.67. The van der Waals surface area contributed by atoms with Crippen molar-refractivity contribution < 1.29 is 9.94 Å². The summed E-state index contributed by atoms with van der Waals surface area (Å²) in [6, 6.07) is 0. The molecule has 0 aromatic rings. The van der Waals surface area contributed by atoms with Gasteiger partial charge in [-0.1, -0.05) is 24.9 Å². The van der Waals surface area contributed by atoms with E-state index in [2.05, 4.69) is 12.1 Å². The molecule has 0 aromatic carbocycles. The first-order valence-electron chi connectivity index (χ1n) is 5.63. The summed E-state index contributed by atoms with van der Waals surface area (Å²) in [5.41, 5.74) is 1.19. The zero-order chi connectivity index (χ0) is 9.97. The molecule has 1 fully saturated rings. The van der Waals surface area contributed by atoms with Gasteiger partial charge in [-0.2, -0.15) is 0 Å². The van der Waals surface area contributed by atoms with Crippen molar-refractivity contribution >= 4 is 5.71 Å². The normalized spacial score (nSPS) is 37.9. The maximum Gasteiger partial charge on any atom is 0.155 e. The topological polar surface area (TPSA) is 41.8 Å². The smallest absolute Gasteiger partial charge is 0.155 e. The minimum absolute atomic E-state index is 0.0654. The van der Waals surface area contributed by atoms with E-state index in [4.69, 9.17) is 9.94 Å². The van der Waals surface area contributed by atoms with Crippen molar-refractivity contribution in [3.05, 3.63) is 0 Å². The minimum atomic E-state index is -0.0654. The van der Waals surface area contributed by atoms with E-state index in [9.17, 15) is 0 Å². The molecule has 1 aliphatic heterocycles. The van der Waals surface area contributed by atoms with Gasteiger partial charge in [0.15, 0.2) is 6.10 Å². The fourth-order valence-corrected chi connectivity index (χ4v) is 2.38. The van der Waals surface area contributed by atoms with Crippen LogP contribution >= 0.6 is 0 Å². The molecule has 0 saturated heterocycles. The first-order chi connectivity index (χ1) is 6.79. The van der Waals surface area contributed by atoms with Crippen molar-refractivity contribution in [1.29, 1.82) is 0 Å². The molecule has 1 N–H and O–H groups in total. The van der Waals surface area contributed by atoms with E-state index in [-0.39, 0.29) is 12.7 Å². The molecule has 3 nitrogen and oxygen atoms in total. The van der Waals surface area contributed by atoms with E-state index in [1.807, 2.05) is 0 Å². The molecule has 1 unspecified atom stereocenters. The predicted octanol–water partition coefficient (Wildman–Crippen LogP) is 1.95. The predicted molar refractivity (Wildman–Crippen MR) is 55.1 cm³/mol. The van der Waals surface area contributed by atoms with Gasteiger partial charge >= 0.3 is 0 Å². The maximum atomic E-state index is 8.93. The van der Waals surface area contributed by atoms with Crippen LogP contribution in [0.15, 0.2) is 5.16 Å². The number of aliphatic hydroxyl groups excluding tert-OH is 1. The SMILES string of the molecule is CC1CCC(C2=NOC(CO)C2)CC1. The lowest BCUT2D eigenvalue weighted by molar-refractivity contribution is 0.0390. The van der Waals surface area contributed by atoms with Crippen molar-refractivity contribution in [3.8, 4) is 0 Å². The van der Waals surface area contributed by atoms with Crippen molar-refractivity contribution in [2.45, 2.75) is 45.1 Å². The fourth-order valence-electron chi connectivity index (χ4n) is 2.38. The summed E-state index contributed by atoms with van der Waals surface area (Å²) in [6.07, 6.45) is 5.91. The van der Waals surface area contributed by atoms with Crippen LogP contribution in [0.3, 0.4) is 0 Å². The van der Waals surface area contributed by atoms with Crippen molar-refractivity contribution in [2.75, 3.05) is 6.61 Å². The highest BCUT2D eigenvalue weighted by atomic mass is 16.6. The van der Waals surface area contributed by atoms with Gasteiger partial charge in [-0.3, -0.25) is 0 Å². The quantitative estimate of drug-likeness (QED) is 0.735. The third-order valence-corrected chi connectivity index (χ3v) is 3.45. The van der Waals surface area contributed by atoms with E-state index in [1.165, 1.54) is 31.4 Å². The van der Waals surface area contributed by atoms with Crippen LogP contribution in [0.4, 0.5) is 0 Å². The van der Waals surface area contributed by atoms with Gasteiger partial charge in [-0.05, 0) is 18.8 Å². The molecule has 14 heavy (non-hydrogen) atoms. The van der Waals surface area contributed by atoms with E-state index < -0.39 is 0 Å². The highest BCUT2D eigenvalue weighted by molar-refractivity contribution is 5.87. The molecule has 1 saturated carbocycles. The van der Waals surface area contributed by atoms with Gasteiger partial charge in [-0.25, -0.2) is 0 Å². The molecule has 3 heteroatoms. The van der Waals surface area contributed by atoms with Crippen LogP contribution in [0.25, 0.3) is 0 Å². The van der Waals surface area contributed by atoms with Gasteiger partial charge < -0.3 is 9.94 Å². The summed E-state index contributed by atoms with van der Waals surface area (Å²) in [5, 5.41) is 13.0. The second-order valence-electron chi connectivity index (χ2n) is 4.65. The molecule has 0 amide bonds. The lowest BCUT2D eigenvalue weighted by Gasteiger charge is -2.25. The maximum absolute atomic E-state index is 8.93. The van der Waals surface area contributed by atoms with Gasteiger partial charge in [-0.15, -0.1) is 0 Å². The van der Waals surface area contributed by atoms with Crippen LogP contribution in [-0.2, 0) is 4.84 Å². The third-order valence-electron chi connectivity index (χ3n) is 3.45. The molecule has 1 heterocycles. The highest BCUT2D eigenvalue weighted by Gasteiger charge is 2.29. The second-order valence-corrected chi connectivity index (χ2v) is 4.65. The minimum Gasteiger partial charge on any atom is -0.392 e. The standard InChI is InChI=1S/C11H19NO2/c1-8-2-4-9(5-3-8)11-6-10(7-13)14-12-11/h8-10,13H,2-7H2,1H3. The molecule has 0 spiro atoms. The molecule has 0 radical (unpaired) electrons. The third kappa shape index (κ3) is 2.08. The molecule has 1 aliphatic carbocycles. The van der Waals surface area contributed by atoms with Crippen LogP contribution in [0.2, 0.25) is 0 Å². The van der Waals surface area contributed by atoms with Gasteiger partial charge in [0.05, 0.1) is 12.3 Å². The summed E-state index contributed by atoms with van der Waals surface area (Å²) in [7, 11) is 0. The van der Waals surface area contributed by atoms with Crippen LogP contribution < -0.4 is 0 Å². The Labute approximate surface area is 85.1 Å². The lowest BCUT2D eigenvalue weighted by Crippen LogP contribution is -2.22. The van der Waals surface area contributed by atoms with Crippen molar-refractivity contribution in [3.63, 3.8) is 0 Å². The Kier molecular flexibility index (Phi) is 3.06. The molecule has 2 rings (SSSR count). The zero-order valence-electron chi connectivity index (χ0n) is 8.78. The molecule has 80 valence electrons. The van der Waals surface area contributed by atoms with Gasteiger partial charge in [0.1, 0.15) is 0 Å². The summed E-state index contributed by atoms with van der Waals surface area (Å²) in [4.78, 5) is 5.13. The number of aliphatic hydroxyl groups is 1. The van der Waals surface area contributed by atoms with E-state index in [0.717, 1.165) is 12.3 Å². The Bertz CT molecular complexity index is 219. The lowest BCUT2D eigenvalue weighted by atomic mass is 9.79. The number of oxime groups is 1. The molecule has 1 atom stereocenters. The Morgan fingerprint density at radius 2 is 2.07 bits per heavy atom. The van der Waals surface area contributed by atoms with Crippen LogP contribution in [0.1, 0.15) is 39.0 Å². The second kappa shape index (κ2) is 4.30. The largest absolute Gasteiger partial charge is 0.392 e. The van der Waals surface area contributed by atoms with Gasteiger partial charge in [0.25, 0.3) is 0 Å². The van der Waals surface area contributed by atoms with Crippen molar-refractivity contribution in [1.82, 2.24) is 0 Å². The fraction of sp³-hybridized carbons (Fsp3) is 0.909. The Morgan fingerprint density at radius 3 is 2.64 bits per heavy atom.